The lowest BCUT2D eigenvalue weighted by atomic mass is 10.0. The minimum Gasteiger partial charge on any atom is -0.480 e. The van der Waals surface area contributed by atoms with Gasteiger partial charge in [-0.3, -0.25) is 9.59 Å². The number of likely N-dealkylation sites (N-methyl/N-ethyl adjacent to an activating group) is 1. The Morgan fingerprint density at radius 2 is 2.19 bits per heavy atom. The maximum Gasteiger partial charge on any atom is 0.326 e. The summed E-state index contributed by atoms with van der Waals surface area (Å²) < 4.78 is 4.99. The average Bonchev–Trinajstić information content (AvgIpc) is 3.00. The van der Waals surface area contributed by atoms with E-state index in [4.69, 9.17) is 9.52 Å². The summed E-state index contributed by atoms with van der Waals surface area (Å²) in [4.78, 5) is 38.0. The zero-order valence-corrected chi connectivity index (χ0v) is 11.8. The molecule has 1 aliphatic heterocycles. The van der Waals surface area contributed by atoms with E-state index in [1.807, 2.05) is 0 Å². The summed E-state index contributed by atoms with van der Waals surface area (Å²) in [6.07, 6.45) is 3.41. The van der Waals surface area contributed by atoms with Crippen LogP contribution in [0.4, 0.5) is 0 Å². The van der Waals surface area contributed by atoms with E-state index in [1.165, 1.54) is 29.2 Å². The third kappa shape index (κ3) is 3.42. The summed E-state index contributed by atoms with van der Waals surface area (Å²) in [6, 6.07) is 2.32. The van der Waals surface area contributed by atoms with Gasteiger partial charge in [0.05, 0.1) is 12.8 Å². The first-order chi connectivity index (χ1) is 10.0. The van der Waals surface area contributed by atoms with Crippen LogP contribution in [0, 0.1) is 0 Å². The molecular formula is C14H18N2O5. The van der Waals surface area contributed by atoms with Gasteiger partial charge in [-0.25, -0.2) is 4.79 Å². The van der Waals surface area contributed by atoms with Gasteiger partial charge in [0.15, 0.2) is 5.76 Å². The Kier molecular flexibility index (Phi) is 4.62. The monoisotopic (exact) mass is 294 g/mol. The van der Waals surface area contributed by atoms with Crippen molar-refractivity contribution in [3.05, 3.63) is 24.2 Å². The second kappa shape index (κ2) is 6.43. The van der Waals surface area contributed by atoms with Crippen molar-refractivity contribution in [2.45, 2.75) is 25.3 Å². The SMILES string of the molecule is CN(CC(=O)N1CCCC[C@@H]1C(=O)O)C(=O)c1ccco1. The molecule has 0 aliphatic carbocycles. The Morgan fingerprint density at radius 1 is 1.43 bits per heavy atom. The molecular weight excluding hydrogens is 276 g/mol. The number of carboxylic acids is 1. The van der Waals surface area contributed by atoms with E-state index >= 15 is 0 Å². The van der Waals surface area contributed by atoms with E-state index in [9.17, 15) is 14.4 Å². The average molecular weight is 294 g/mol. The van der Waals surface area contributed by atoms with Gasteiger partial charge in [0.1, 0.15) is 6.04 Å². The maximum absolute atomic E-state index is 12.2. The molecule has 0 saturated carbocycles. The molecule has 1 N–H and O–H groups in total. The van der Waals surface area contributed by atoms with Crippen LogP contribution in [0.25, 0.3) is 0 Å². The smallest absolute Gasteiger partial charge is 0.326 e. The fourth-order valence-corrected chi connectivity index (χ4v) is 2.44. The highest BCUT2D eigenvalue weighted by Gasteiger charge is 2.32. The van der Waals surface area contributed by atoms with Crippen LogP contribution in [0.2, 0.25) is 0 Å². The molecule has 2 heterocycles. The number of piperidine rings is 1. The summed E-state index contributed by atoms with van der Waals surface area (Å²) >= 11 is 0. The normalized spacial score (nSPS) is 18.3. The van der Waals surface area contributed by atoms with Crippen molar-refractivity contribution in [3.63, 3.8) is 0 Å². The number of carboxylic acid groups (broad SMARTS) is 1. The number of rotatable bonds is 4. The topological polar surface area (TPSA) is 91.1 Å². The molecule has 114 valence electrons. The van der Waals surface area contributed by atoms with Crippen molar-refractivity contribution in [1.82, 2.24) is 9.80 Å². The predicted molar refractivity (Wildman–Crippen MR) is 72.7 cm³/mol. The molecule has 1 saturated heterocycles. The number of hydrogen-bond donors (Lipinski definition) is 1. The highest BCUT2D eigenvalue weighted by molar-refractivity contribution is 5.94. The predicted octanol–water partition coefficient (Wildman–Crippen LogP) is 0.817. The molecule has 0 aromatic carbocycles. The van der Waals surface area contributed by atoms with Crippen LogP contribution in [-0.4, -0.2) is 58.9 Å². The van der Waals surface area contributed by atoms with Gasteiger partial charge in [0.2, 0.25) is 5.91 Å². The van der Waals surface area contributed by atoms with Crippen LogP contribution >= 0.6 is 0 Å². The van der Waals surface area contributed by atoms with Gasteiger partial charge in [-0.15, -0.1) is 0 Å². The molecule has 1 aliphatic rings. The third-order valence-corrected chi connectivity index (χ3v) is 3.56. The minimum atomic E-state index is -0.997. The molecule has 2 amide bonds. The first kappa shape index (κ1) is 15.1. The molecule has 21 heavy (non-hydrogen) atoms. The minimum absolute atomic E-state index is 0.152. The van der Waals surface area contributed by atoms with E-state index in [0.29, 0.717) is 13.0 Å². The molecule has 0 unspecified atom stereocenters. The fraction of sp³-hybridized carbons (Fsp3) is 0.500. The lowest BCUT2D eigenvalue weighted by Gasteiger charge is -2.34. The van der Waals surface area contributed by atoms with Gasteiger partial charge in [-0.05, 0) is 31.4 Å². The Bertz CT molecular complexity index is 525. The van der Waals surface area contributed by atoms with Crippen molar-refractivity contribution in [2.24, 2.45) is 0 Å². The van der Waals surface area contributed by atoms with E-state index in [2.05, 4.69) is 0 Å². The zero-order chi connectivity index (χ0) is 15.4. The second-order valence-corrected chi connectivity index (χ2v) is 5.08. The van der Waals surface area contributed by atoms with Crippen molar-refractivity contribution in [2.75, 3.05) is 20.1 Å². The Hall–Kier alpha value is -2.31. The lowest BCUT2D eigenvalue weighted by molar-refractivity contribution is -0.152. The fourth-order valence-electron chi connectivity index (χ4n) is 2.44. The van der Waals surface area contributed by atoms with E-state index < -0.39 is 17.9 Å². The molecule has 0 bridgehead atoms. The van der Waals surface area contributed by atoms with E-state index in [-0.39, 0.29) is 18.2 Å². The van der Waals surface area contributed by atoms with Crippen molar-refractivity contribution >= 4 is 17.8 Å². The Labute approximate surface area is 122 Å². The van der Waals surface area contributed by atoms with Gasteiger partial charge >= 0.3 is 5.97 Å². The van der Waals surface area contributed by atoms with E-state index in [0.717, 1.165) is 12.8 Å². The number of carbonyl (C=O) groups is 3. The summed E-state index contributed by atoms with van der Waals surface area (Å²) in [6.45, 7) is 0.252. The van der Waals surface area contributed by atoms with Crippen LogP contribution in [0.15, 0.2) is 22.8 Å². The van der Waals surface area contributed by atoms with Gasteiger partial charge < -0.3 is 19.3 Å². The number of amides is 2. The molecule has 0 radical (unpaired) electrons. The first-order valence-corrected chi connectivity index (χ1v) is 6.82. The van der Waals surface area contributed by atoms with Crippen molar-refractivity contribution in [3.8, 4) is 0 Å². The van der Waals surface area contributed by atoms with E-state index in [1.54, 1.807) is 6.07 Å². The van der Waals surface area contributed by atoms with Crippen LogP contribution < -0.4 is 0 Å². The first-order valence-electron chi connectivity index (χ1n) is 6.82. The molecule has 7 heteroatoms. The standard InChI is InChI=1S/C14H18N2O5/c1-15(13(18)11-6-4-8-21-11)9-12(17)16-7-3-2-5-10(16)14(19)20/h4,6,8,10H,2-3,5,7,9H2,1H3,(H,19,20)/t10-/m1/s1. The summed E-state index contributed by atoms with van der Waals surface area (Å²) in [7, 11) is 1.49. The van der Waals surface area contributed by atoms with Crippen molar-refractivity contribution < 1.29 is 23.9 Å². The second-order valence-electron chi connectivity index (χ2n) is 5.08. The molecule has 7 nitrogen and oxygen atoms in total. The number of hydrogen-bond acceptors (Lipinski definition) is 4. The van der Waals surface area contributed by atoms with Crippen LogP contribution in [-0.2, 0) is 9.59 Å². The molecule has 0 spiro atoms. The van der Waals surface area contributed by atoms with Crippen LogP contribution in [0.1, 0.15) is 29.8 Å². The quantitative estimate of drug-likeness (QED) is 0.887. The Balaban J connectivity index is 1.99. The van der Waals surface area contributed by atoms with Crippen LogP contribution in [0.5, 0.6) is 0 Å². The third-order valence-electron chi connectivity index (χ3n) is 3.56. The number of furan rings is 1. The van der Waals surface area contributed by atoms with Gasteiger partial charge in [0.25, 0.3) is 5.91 Å². The number of likely N-dealkylation sites (tertiary alicyclic amines) is 1. The molecule has 1 aromatic heterocycles. The lowest BCUT2D eigenvalue weighted by Crippen LogP contribution is -2.51. The largest absolute Gasteiger partial charge is 0.480 e. The summed E-state index contributed by atoms with van der Waals surface area (Å²) in [5.74, 6) is -1.61. The van der Waals surface area contributed by atoms with Crippen molar-refractivity contribution in [1.29, 1.82) is 0 Å². The highest BCUT2D eigenvalue weighted by Crippen LogP contribution is 2.17. The molecule has 1 atom stereocenters. The summed E-state index contributed by atoms with van der Waals surface area (Å²) in [5, 5.41) is 9.16. The van der Waals surface area contributed by atoms with Gasteiger partial charge in [0, 0.05) is 13.6 Å². The van der Waals surface area contributed by atoms with Gasteiger partial charge in [-0.2, -0.15) is 0 Å². The number of nitrogens with zero attached hydrogens (tertiary/aromatic N) is 2. The molecule has 1 fully saturated rings. The highest BCUT2D eigenvalue weighted by atomic mass is 16.4. The Morgan fingerprint density at radius 3 is 2.81 bits per heavy atom. The molecule has 2 rings (SSSR count). The van der Waals surface area contributed by atoms with Gasteiger partial charge in [-0.1, -0.05) is 0 Å². The zero-order valence-electron chi connectivity index (χ0n) is 11.8. The maximum atomic E-state index is 12.2. The number of carbonyl (C=O) groups excluding carboxylic acids is 2. The summed E-state index contributed by atoms with van der Waals surface area (Å²) in [5.41, 5.74) is 0. The van der Waals surface area contributed by atoms with Crippen LogP contribution in [0.3, 0.4) is 0 Å². The molecule has 1 aromatic rings. The number of aliphatic carboxylic acids is 1.